The molecule has 0 saturated heterocycles. The van der Waals surface area contributed by atoms with Gasteiger partial charge >= 0.3 is 0 Å². The van der Waals surface area contributed by atoms with Gasteiger partial charge in [0.1, 0.15) is 0 Å². The number of rotatable bonds is 5. The number of halogens is 1. The van der Waals surface area contributed by atoms with E-state index in [4.69, 9.17) is 0 Å². The second-order valence-electron chi connectivity index (χ2n) is 3.47. The van der Waals surface area contributed by atoms with Gasteiger partial charge in [-0.05, 0) is 30.5 Å². The summed E-state index contributed by atoms with van der Waals surface area (Å²) in [7, 11) is 0. The average Bonchev–Trinajstić information content (AvgIpc) is 2.67. The standard InChI is InChI=1S/C12H14FNS/c13-6-3-7-14-9-11-8-10-4-1-2-5-12(10)15-11/h1-2,4-5,8,14H,3,6-7,9H2. The number of alkyl halides is 1. The second kappa shape index (κ2) is 5.24. The van der Waals surface area contributed by atoms with Gasteiger partial charge in [-0.25, -0.2) is 0 Å². The van der Waals surface area contributed by atoms with Crippen LogP contribution in [0, 0.1) is 0 Å². The molecule has 0 amide bonds. The van der Waals surface area contributed by atoms with E-state index in [1.54, 1.807) is 11.3 Å². The van der Waals surface area contributed by atoms with Gasteiger partial charge in [-0.1, -0.05) is 18.2 Å². The van der Waals surface area contributed by atoms with Gasteiger partial charge in [0.25, 0.3) is 0 Å². The first-order valence-electron chi connectivity index (χ1n) is 5.14. The van der Waals surface area contributed by atoms with Crippen LogP contribution >= 0.6 is 11.3 Å². The minimum absolute atomic E-state index is 0.237. The molecule has 0 spiro atoms. The van der Waals surface area contributed by atoms with Crippen molar-refractivity contribution in [1.29, 1.82) is 0 Å². The molecule has 0 aliphatic heterocycles. The van der Waals surface area contributed by atoms with E-state index in [2.05, 4.69) is 35.6 Å². The highest BCUT2D eigenvalue weighted by Gasteiger charge is 1.99. The van der Waals surface area contributed by atoms with Crippen molar-refractivity contribution in [3.8, 4) is 0 Å². The zero-order chi connectivity index (χ0) is 10.5. The Morgan fingerprint density at radius 1 is 1.27 bits per heavy atom. The van der Waals surface area contributed by atoms with Gasteiger partial charge in [0.15, 0.2) is 0 Å². The van der Waals surface area contributed by atoms with Gasteiger partial charge in [-0.2, -0.15) is 0 Å². The maximum absolute atomic E-state index is 11.8. The van der Waals surface area contributed by atoms with Crippen LogP contribution in [0.25, 0.3) is 10.1 Å². The van der Waals surface area contributed by atoms with Crippen LogP contribution in [0.1, 0.15) is 11.3 Å². The Balaban J connectivity index is 1.97. The molecule has 2 aromatic rings. The SMILES string of the molecule is FCCCNCc1cc2ccccc2s1. The van der Waals surface area contributed by atoms with Gasteiger partial charge in [0, 0.05) is 16.1 Å². The van der Waals surface area contributed by atoms with Crippen LogP contribution in [0.15, 0.2) is 30.3 Å². The quantitative estimate of drug-likeness (QED) is 0.766. The third-order valence-corrected chi connectivity index (χ3v) is 3.38. The highest BCUT2D eigenvalue weighted by Crippen LogP contribution is 2.24. The summed E-state index contributed by atoms with van der Waals surface area (Å²) in [5.41, 5.74) is 0. The summed E-state index contributed by atoms with van der Waals surface area (Å²) in [6.07, 6.45) is 0.602. The van der Waals surface area contributed by atoms with Crippen molar-refractivity contribution >= 4 is 21.4 Å². The molecule has 1 N–H and O–H groups in total. The first-order valence-corrected chi connectivity index (χ1v) is 5.96. The predicted octanol–water partition coefficient (Wildman–Crippen LogP) is 3.35. The zero-order valence-electron chi connectivity index (χ0n) is 8.50. The van der Waals surface area contributed by atoms with Crippen LogP contribution in [0.3, 0.4) is 0 Å². The topological polar surface area (TPSA) is 12.0 Å². The highest BCUT2D eigenvalue weighted by atomic mass is 32.1. The van der Waals surface area contributed by atoms with E-state index in [9.17, 15) is 4.39 Å². The first kappa shape index (κ1) is 10.6. The Bertz CT molecular complexity index is 391. The van der Waals surface area contributed by atoms with Crippen molar-refractivity contribution < 1.29 is 4.39 Å². The van der Waals surface area contributed by atoms with Crippen LogP contribution in [-0.2, 0) is 6.54 Å². The molecular formula is C12H14FNS. The fraction of sp³-hybridized carbons (Fsp3) is 0.333. The van der Waals surface area contributed by atoms with Crippen molar-refractivity contribution in [3.63, 3.8) is 0 Å². The lowest BCUT2D eigenvalue weighted by atomic mass is 10.2. The molecule has 1 heterocycles. The molecule has 1 nitrogen and oxygen atoms in total. The third kappa shape index (κ3) is 2.76. The molecular weight excluding hydrogens is 209 g/mol. The summed E-state index contributed by atoms with van der Waals surface area (Å²) in [5.74, 6) is 0. The van der Waals surface area contributed by atoms with Gasteiger partial charge in [0.05, 0.1) is 6.67 Å². The number of nitrogens with one attached hydrogen (secondary N) is 1. The van der Waals surface area contributed by atoms with Gasteiger partial charge in [0.2, 0.25) is 0 Å². The molecule has 1 aromatic heterocycles. The second-order valence-corrected chi connectivity index (χ2v) is 4.64. The lowest BCUT2D eigenvalue weighted by Crippen LogP contribution is -2.14. The molecule has 1 aromatic carbocycles. The summed E-state index contributed by atoms with van der Waals surface area (Å²) in [5, 5.41) is 4.53. The molecule has 0 radical (unpaired) electrons. The van der Waals surface area contributed by atoms with E-state index in [-0.39, 0.29) is 6.67 Å². The normalized spacial score (nSPS) is 11.0. The Morgan fingerprint density at radius 2 is 2.13 bits per heavy atom. The average molecular weight is 223 g/mol. The Morgan fingerprint density at radius 3 is 2.93 bits per heavy atom. The van der Waals surface area contributed by atoms with Crippen molar-refractivity contribution in [2.45, 2.75) is 13.0 Å². The minimum atomic E-state index is -0.237. The molecule has 0 bridgehead atoms. The van der Waals surface area contributed by atoms with Crippen LogP contribution in [-0.4, -0.2) is 13.2 Å². The van der Waals surface area contributed by atoms with Crippen LogP contribution < -0.4 is 5.32 Å². The van der Waals surface area contributed by atoms with E-state index >= 15 is 0 Å². The van der Waals surface area contributed by atoms with Crippen LogP contribution in [0.2, 0.25) is 0 Å². The Labute approximate surface area is 92.9 Å². The maximum Gasteiger partial charge on any atom is 0.0906 e. The van der Waals surface area contributed by atoms with E-state index < -0.39 is 0 Å². The molecule has 80 valence electrons. The molecule has 0 aliphatic carbocycles. The summed E-state index contributed by atoms with van der Waals surface area (Å²) >= 11 is 1.80. The minimum Gasteiger partial charge on any atom is -0.312 e. The summed E-state index contributed by atoms with van der Waals surface area (Å²) in [4.78, 5) is 1.31. The zero-order valence-corrected chi connectivity index (χ0v) is 9.32. The lowest BCUT2D eigenvalue weighted by Gasteiger charge is -1.99. The fourth-order valence-electron chi connectivity index (χ4n) is 1.53. The van der Waals surface area contributed by atoms with E-state index in [0.717, 1.165) is 13.1 Å². The molecule has 0 fully saturated rings. The molecule has 0 aliphatic rings. The number of benzene rings is 1. The molecule has 0 unspecified atom stereocenters. The Hall–Kier alpha value is -0.930. The largest absolute Gasteiger partial charge is 0.312 e. The summed E-state index contributed by atoms with van der Waals surface area (Å²) < 4.78 is 13.2. The highest BCUT2D eigenvalue weighted by molar-refractivity contribution is 7.19. The molecule has 15 heavy (non-hydrogen) atoms. The monoisotopic (exact) mass is 223 g/mol. The van der Waals surface area contributed by atoms with E-state index in [1.165, 1.54) is 15.0 Å². The van der Waals surface area contributed by atoms with E-state index in [1.807, 2.05) is 0 Å². The predicted molar refractivity (Wildman–Crippen MR) is 64.1 cm³/mol. The Kier molecular flexibility index (Phi) is 3.69. The van der Waals surface area contributed by atoms with Crippen molar-refractivity contribution in [2.24, 2.45) is 0 Å². The molecule has 0 saturated carbocycles. The third-order valence-electron chi connectivity index (χ3n) is 2.26. The van der Waals surface area contributed by atoms with Gasteiger partial charge in [-0.15, -0.1) is 11.3 Å². The molecule has 3 heteroatoms. The number of fused-ring (bicyclic) bond motifs is 1. The smallest absolute Gasteiger partial charge is 0.0906 e. The van der Waals surface area contributed by atoms with Crippen molar-refractivity contribution in [2.75, 3.05) is 13.2 Å². The lowest BCUT2D eigenvalue weighted by molar-refractivity contribution is 0.459. The first-order chi connectivity index (χ1) is 7.40. The summed E-state index contributed by atoms with van der Waals surface area (Å²) in [6.45, 7) is 1.36. The fourth-order valence-corrected chi connectivity index (χ4v) is 2.56. The summed E-state index contributed by atoms with van der Waals surface area (Å²) in [6, 6.07) is 10.6. The number of hydrogen-bond donors (Lipinski definition) is 1. The van der Waals surface area contributed by atoms with Gasteiger partial charge < -0.3 is 5.32 Å². The molecule has 0 atom stereocenters. The van der Waals surface area contributed by atoms with E-state index in [0.29, 0.717) is 6.42 Å². The molecule has 2 rings (SSSR count). The number of hydrogen-bond acceptors (Lipinski definition) is 2. The van der Waals surface area contributed by atoms with Crippen LogP contribution in [0.5, 0.6) is 0 Å². The maximum atomic E-state index is 11.8. The van der Waals surface area contributed by atoms with Crippen LogP contribution in [0.4, 0.5) is 4.39 Å². The number of thiophene rings is 1. The van der Waals surface area contributed by atoms with Crippen molar-refractivity contribution in [3.05, 3.63) is 35.2 Å². The van der Waals surface area contributed by atoms with Gasteiger partial charge in [-0.3, -0.25) is 4.39 Å². The van der Waals surface area contributed by atoms with Crippen molar-refractivity contribution in [1.82, 2.24) is 5.32 Å².